The van der Waals surface area contributed by atoms with Gasteiger partial charge >= 0.3 is 7.12 Å². The van der Waals surface area contributed by atoms with Crippen LogP contribution in [0.15, 0.2) is 30.4 Å². The number of rotatable bonds is 4. The average Bonchev–Trinajstić information content (AvgIpc) is 2.20. The second-order valence-electron chi connectivity index (χ2n) is 3.29. The molecule has 4 heteroatoms. The first-order chi connectivity index (χ1) is 7.15. The lowest BCUT2D eigenvalue weighted by molar-refractivity contribution is 0.361. The van der Waals surface area contributed by atoms with E-state index in [4.69, 9.17) is 14.8 Å². The van der Waals surface area contributed by atoms with Gasteiger partial charge in [-0.05, 0) is 19.9 Å². The quantitative estimate of drug-likeness (QED) is 0.561. The van der Waals surface area contributed by atoms with Crippen LogP contribution in [0.5, 0.6) is 5.75 Å². The molecular weight excluding hydrogens is 191 g/mol. The fourth-order valence-corrected chi connectivity index (χ4v) is 1.24. The predicted molar refractivity (Wildman–Crippen MR) is 61.3 cm³/mol. The van der Waals surface area contributed by atoms with E-state index in [0.717, 1.165) is 5.56 Å². The highest BCUT2D eigenvalue weighted by Gasteiger charge is 2.16. The summed E-state index contributed by atoms with van der Waals surface area (Å²) in [5.41, 5.74) is 1.37. The number of aryl methyl sites for hydroxylation is 1. The van der Waals surface area contributed by atoms with Crippen molar-refractivity contribution < 1.29 is 14.8 Å². The van der Waals surface area contributed by atoms with Crippen LogP contribution < -0.4 is 10.2 Å². The lowest BCUT2D eigenvalue weighted by Crippen LogP contribution is -2.31. The molecule has 0 aromatic heterocycles. The van der Waals surface area contributed by atoms with Gasteiger partial charge in [0, 0.05) is 5.46 Å². The Kier molecular flexibility index (Phi) is 4.40. The Morgan fingerprint density at radius 2 is 2.13 bits per heavy atom. The lowest BCUT2D eigenvalue weighted by atomic mass is 9.79. The van der Waals surface area contributed by atoms with E-state index in [-0.39, 0.29) is 0 Å². The fraction of sp³-hybridized carbons (Fsp3) is 0.273. The van der Waals surface area contributed by atoms with Crippen molar-refractivity contribution in [2.24, 2.45) is 0 Å². The van der Waals surface area contributed by atoms with E-state index in [1.54, 1.807) is 12.1 Å². The number of allylic oxidation sites excluding steroid dienone is 1. The standard InChI is InChI=1S/C11H15BO3/c1-3-4-7-15-11-6-5-9(2)8-10(11)12(13)14/h3-6,8,13-14H,7H2,1-2H3. The molecule has 1 aromatic carbocycles. The highest BCUT2D eigenvalue weighted by molar-refractivity contribution is 6.59. The Bertz CT molecular complexity index is 348. The van der Waals surface area contributed by atoms with Crippen molar-refractivity contribution in [1.29, 1.82) is 0 Å². The van der Waals surface area contributed by atoms with Gasteiger partial charge in [-0.1, -0.05) is 29.8 Å². The SMILES string of the molecule is CC=CCOc1ccc(C)cc1B(O)O. The molecule has 0 spiro atoms. The van der Waals surface area contributed by atoms with Crippen molar-refractivity contribution in [1.82, 2.24) is 0 Å². The van der Waals surface area contributed by atoms with Gasteiger partial charge in [-0.25, -0.2) is 0 Å². The molecule has 0 fully saturated rings. The lowest BCUT2D eigenvalue weighted by Gasteiger charge is -2.10. The Balaban J connectivity index is 2.85. The highest BCUT2D eigenvalue weighted by atomic mass is 16.5. The Hall–Kier alpha value is -1.26. The van der Waals surface area contributed by atoms with E-state index in [1.807, 2.05) is 32.1 Å². The van der Waals surface area contributed by atoms with E-state index in [2.05, 4.69) is 0 Å². The molecule has 0 aliphatic carbocycles. The van der Waals surface area contributed by atoms with Crippen molar-refractivity contribution in [2.45, 2.75) is 13.8 Å². The molecule has 3 nitrogen and oxygen atoms in total. The van der Waals surface area contributed by atoms with Gasteiger partial charge in [0.05, 0.1) is 0 Å². The summed E-state index contributed by atoms with van der Waals surface area (Å²) in [6, 6.07) is 5.32. The summed E-state index contributed by atoms with van der Waals surface area (Å²) in [5.74, 6) is 0.508. The van der Waals surface area contributed by atoms with Gasteiger partial charge in [0.2, 0.25) is 0 Å². The van der Waals surface area contributed by atoms with Crippen LogP contribution in [0.2, 0.25) is 0 Å². The summed E-state index contributed by atoms with van der Waals surface area (Å²) in [5, 5.41) is 18.3. The summed E-state index contributed by atoms with van der Waals surface area (Å²) in [6.07, 6.45) is 3.73. The molecule has 1 aromatic rings. The zero-order chi connectivity index (χ0) is 11.3. The van der Waals surface area contributed by atoms with Crippen LogP contribution in [0.1, 0.15) is 12.5 Å². The molecule has 15 heavy (non-hydrogen) atoms. The van der Waals surface area contributed by atoms with Crippen molar-refractivity contribution in [3.05, 3.63) is 35.9 Å². The summed E-state index contributed by atoms with van der Waals surface area (Å²) >= 11 is 0. The molecule has 0 heterocycles. The molecule has 0 amide bonds. The minimum Gasteiger partial charge on any atom is -0.490 e. The summed E-state index contributed by atoms with van der Waals surface area (Å²) in [4.78, 5) is 0. The van der Waals surface area contributed by atoms with E-state index in [0.29, 0.717) is 17.8 Å². The minimum atomic E-state index is -1.49. The number of hydrogen-bond donors (Lipinski definition) is 2. The van der Waals surface area contributed by atoms with Crippen LogP contribution >= 0.6 is 0 Å². The molecule has 0 saturated heterocycles. The van der Waals surface area contributed by atoms with Crippen molar-refractivity contribution in [3.63, 3.8) is 0 Å². The molecule has 0 bridgehead atoms. The zero-order valence-corrected chi connectivity index (χ0v) is 8.97. The van der Waals surface area contributed by atoms with Crippen LogP contribution in [0.25, 0.3) is 0 Å². The van der Waals surface area contributed by atoms with Gasteiger partial charge in [0.25, 0.3) is 0 Å². The monoisotopic (exact) mass is 206 g/mol. The van der Waals surface area contributed by atoms with Gasteiger partial charge < -0.3 is 14.8 Å². The summed E-state index contributed by atoms with van der Waals surface area (Å²) in [7, 11) is -1.49. The van der Waals surface area contributed by atoms with Crippen molar-refractivity contribution in [2.75, 3.05) is 6.61 Å². The minimum absolute atomic E-state index is 0.402. The molecule has 1 rings (SSSR count). The molecule has 0 aliphatic heterocycles. The van der Waals surface area contributed by atoms with E-state index >= 15 is 0 Å². The second kappa shape index (κ2) is 5.58. The molecule has 0 aliphatic rings. The molecule has 80 valence electrons. The Labute approximate surface area is 90.2 Å². The van der Waals surface area contributed by atoms with E-state index in [9.17, 15) is 0 Å². The average molecular weight is 206 g/mol. The molecule has 0 radical (unpaired) electrons. The maximum absolute atomic E-state index is 9.14. The molecule has 0 atom stereocenters. The van der Waals surface area contributed by atoms with Crippen LogP contribution in [0, 0.1) is 6.92 Å². The first-order valence-corrected chi connectivity index (χ1v) is 4.85. The van der Waals surface area contributed by atoms with Crippen LogP contribution in [-0.4, -0.2) is 23.8 Å². The fourth-order valence-electron chi connectivity index (χ4n) is 1.24. The number of benzene rings is 1. The third-order valence-corrected chi connectivity index (χ3v) is 2.01. The van der Waals surface area contributed by atoms with E-state index in [1.165, 1.54) is 0 Å². The molecule has 0 unspecified atom stereocenters. The zero-order valence-electron chi connectivity index (χ0n) is 8.97. The summed E-state index contributed by atoms with van der Waals surface area (Å²) in [6.45, 7) is 4.22. The second-order valence-corrected chi connectivity index (χ2v) is 3.29. The summed E-state index contributed by atoms with van der Waals surface area (Å²) < 4.78 is 5.39. The van der Waals surface area contributed by atoms with Crippen molar-refractivity contribution in [3.8, 4) is 5.75 Å². The highest BCUT2D eigenvalue weighted by Crippen LogP contribution is 2.09. The molecule has 0 saturated carbocycles. The number of hydrogen-bond acceptors (Lipinski definition) is 3. The third kappa shape index (κ3) is 3.42. The van der Waals surface area contributed by atoms with Gasteiger partial charge in [-0.3, -0.25) is 0 Å². The van der Waals surface area contributed by atoms with Crippen molar-refractivity contribution >= 4 is 12.6 Å². The van der Waals surface area contributed by atoms with Gasteiger partial charge in [-0.2, -0.15) is 0 Å². The smallest absolute Gasteiger partial charge is 0.490 e. The topological polar surface area (TPSA) is 49.7 Å². The first-order valence-electron chi connectivity index (χ1n) is 4.85. The Morgan fingerprint density at radius 1 is 1.40 bits per heavy atom. The van der Waals surface area contributed by atoms with E-state index < -0.39 is 7.12 Å². The Morgan fingerprint density at radius 3 is 2.73 bits per heavy atom. The largest absolute Gasteiger partial charge is 0.492 e. The van der Waals surface area contributed by atoms with Gasteiger partial charge in [0.1, 0.15) is 12.4 Å². The number of ether oxygens (including phenoxy) is 1. The van der Waals surface area contributed by atoms with Crippen LogP contribution in [0.3, 0.4) is 0 Å². The molecule has 2 N–H and O–H groups in total. The molecular formula is C11H15BO3. The van der Waals surface area contributed by atoms with Crippen LogP contribution in [0.4, 0.5) is 0 Å². The third-order valence-electron chi connectivity index (χ3n) is 2.01. The maximum atomic E-state index is 9.14. The van der Waals surface area contributed by atoms with Crippen LogP contribution in [-0.2, 0) is 0 Å². The van der Waals surface area contributed by atoms with Gasteiger partial charge in [0.15, 0.2) is 0 Å². The first kappa shape index (κ1) is 11.8. The predicted octanol–water partition coefficient (Wildman–Crippen LogP) is 0.630. The normalized spacial score (nSPS) is 10.7. The van der Waals surface area contributed by atoms with Gasteiger partial charge in [-0.15, -0.1) is 0 Å². The maximum Gasteiger partial charge on any atom is 0.492 e.